The minimum atomic E-state index is 0.409. The first-order valence-corrected chi connectivity index (χ1v) is 10.2. The largest absolute Gasteiger partial charge is 0.356 e. The van der Waals surface area contributed by atoms with Gasteiger partial charge in [0.1, 0.15) is 5.82 Å². The second kappa shape index (κ2) is 11.5. The summed E-state index contributed by atoms with van der Waals surface area (Å²) in [6.45, 7) is 10.9. The van der Waals surface area contributed by atoms with Crippen LogP contribution in [-0.4, -0.2) is 64.7 Å². The summed E-state index contributed by atoms with van der Waals surface area (Å²) in [5.41, 5.74) is 0.900. The van der Waals surface area contributed by atoms with Gasteiger partial charge < -0.3 is 15.5 Å². The summed E-state index contributed by atoms with van der Waals surface area (Å²) in [4.78, 5) is 6.81. The molecule has 1 atom stereocenters. The van der Waals surface area contributed by atoms with Gasteiger partial charge in [-0.2, -0.15) is 0 Å². The average molecular weight is 374 g/mol. The van der Waals surface area contributed by atoms with Gasteiger partial charge in [0, 0.05) is 32.3 Å². The van der Waals surface area contributed by atoms with E-state index < -0.39 is 0 Å². The first kappa shape index (κ1) is 21.2. The molecule has 0 aromatic carbocycles. The number of hydrogen-bond donors (Lipinski definition) is 2. The molecule has 7 heteroatoms. The number of aryl methyl sites for hydroxylation is 1. The third kappa shape index (κ3) is 6.82. The molecule has 0 fully saturated rings. The van der Waals surface area contributed by atoms with E-state index in [-0.39, 0.29) is 0 Å². The number of hydrogen-bond acceptors (Lipinski definition) is 4. The number of fused-ring (bicyclic) bond motifs is 1. The molecule has 0 amide bonds. The molecular formula is C20H35N7. The van der Waals surface area contributed by atoms with Gasteiger partial charge in [0.15, 0.2) is 11.6 Å². The van der Waals surface area contributed by atoms with Gasteiger partial charge in [-0.1, -0.05) is 19.9 Å². The molecule has 7 nitrogen and oxygen atoms in total. The van der Waals surface area contributed by atoms with Crippen molar-refractivity contribution in [3.63, 3.8) is 0 Å². The van der Waals surface area contributed by atoms with Crippen LogP contribution in [0, 0.1) is 0 Å². The van der Waals surface area contributed by atoms with Crippen molar-refractivity contribution in [1.29, 1.82) is 0 Å². The van der Waals surface area contributed by atoms with Crippen molar-refractivity contribution in [2.75, 3.05) is 33.2 Å². The fourth-order valence-electron chi connectivity index (χ4n) is 3.18. The Kier molecular flexibility index (Phi) is 9.04. The topological polar surface area (TPSA) is 69.8 Å². The Bertz CT molecular complexity index is 690. The van der Waals surface area contributed by atoms with Crippen LogP contribution in [-0.2, 0) is 6.42 Å². The average Bonchev–Trinajstić information content (AvgIpc) is 3.10. The lowest BCUT2D eigenvalue weighted by Gasteiger charge is -2.21. The lowest BCUT2D eigenvalue weighted by molar-refractivity contribution is 0.292. The summed E-state index contributed by atoms with van der Waals surface area (Å²) in [6, 6.07) is 6.37. The number of nitrogens with one attached hydrogen (secondary N) is 2. The molecule has 0 saturated heterocycles. The quantitative estimate of drug-likeness (QED) is 0.359. The summed E-state index contributed by atoms with van der Waals surface area (Å²) < 4.78 is 2.05. The van der Waals surface area contributed by atoms with Crippen molar-refractivity contribution >= 4 is 11.6 Å². The van der Waals surface area contributed by atoms with Crippen LogP contribution >= 0.6 is 0 Å². The Morgan fingerprint density at radius 3 is 2.78 bits per heavy atom. The summed E-state index contributed by atoms with van der Waals surface area (Å²) in [5.74, 6) is 1.87. The fourth-order valence-corrected chi connectivity index (χ4v) is 3.18. The molecule has 27 heavy (non-hydrogen) atoms. The van der Waals surface area contributed by atoms with Gasteiger partial charge in [-0.3, -0.25) is 9.39 Å². The maximum Gasteiger partial charge on any atom is 0.191 e. The van der Waals surface area contributed by atoms with Crippen molar-refractivity contribution in [1.82, 2.24) is 30.1 Å². The van der Waals surface area contributed by atoms with Gasteiger partial charge in [-0.05, 0) is 58.0 Å². The first-order chi connectivity index (χ1) is 13.2. The molecule has 2 aromatic heterocycles. The van der Waals surface area contributed by atoms with Crippen LogP contribution in [0.1, 0.15) is 45.9 Å². The van der Waals surface area contributed by atoms with E-state index in [1.807, 2.05) is 35.8 Å². The van der Waals surface area contributed by atoms with E-state index in [4.69, 9.17) is 0 Å². The Morgan fingerprint density at radius 2 is 2.04 bits per heavy atom. The zero-order valence-electron chi connectivity index (χ0n) is 17.3. The van der Waals surface area contributed by atoms with Crippen molar-refractivity contribution in [3.8, 4) is 0 Å². The highest BCUT2D eigenvalue weighted by molar-refractivity contribution is 5.79. The molecule has 2 aromatic rings. The molecule has 2 N–H and O–H groups in total. The van der Waals surface area contributed by atoms with Gasteiger partial charge in [-0.25, -0.2) is 0 Å². The zero-order valence-corrected chi connectivity index (χ0v) is 17.3. The van der Waals surface area contributed by atoms with Crippen molar-refractivity contribution in [2.45, 2.75) is 52.5 Å². The maximum absolute atomic E-state index is 4.34. The van der Waals surface area contributed by atoms with Crippen LogP contribution in [0.4, 0.5) is 0 Å². The number of rotatable bonds is 11. The van der Waals surface area contributed by atoms with Crippen molar-refractivity contribution < 1.29 is 0 Å². The highest BCUT2D eigenvalue weighted by Gasteiger charge is 2.07. The maximum atomic E-state index is 4.34. The van der Waals surface area contributed by atoms with Gasteiger partial charge in [0.25, 0.3) is 0 Å². The number of aliphatic imine (C=N–C) groups is 1. The third-order valence-corrected chi connectivity index (χ3v) is 4.87. The normalized spacial score (nSPS) is 13.3. The smallest absolute Gasteiger partial charge is 0.191 e. The molecule has 0 saturated carbocycles. The van der Waals surface area contributed by atoms with E-state index in [1.54, 1.807) is 0 Å². The third-order valence-electron chi connectivity index (χ3n) is 4.87. The monoisotopic (exact) mass is 373 g/mol. The summed E-state index contributed by atoms with van der Waals surface area (Å²) in [6.07, 6.45) is 6.22. The fraction of sp³-hybridized carbons (Fsp3) is 0.650. The lowest BCUT2D eigenvalue weighted by Crippen LogP contribution is -2.42. The van der Waals surface area contributed by atoms with Gasteiger partial charge in [0.05, 0.1) is 0 Å². The van der Waals surface area contributed by atoms with Crippen LogP contribution in [0.3, 0.4) is 0 Å². The number of aromatic nitrogens is 3. The summed E-state index contributed by atoms with van der Waals surface area (Å²) >= 11 is 0. The van der Waals surface area contributed by atoms with Crippen LogP contribution < -0.4 is 10.6 Å². The van der Waals surface area contributed by atoms with E-state index in [9.17, 15) is 0 Å². The van der Waals surface area contributed by atoms with E-state index in [0.717, 1.165) is 62.9 Å². The minimum Gasteiger partial charge on any atom is -0.356 e. The van der Waals surface area contributed by atoms with Crippen molar-refractivity contribution in [3.05, 3.63) is 30.2 Å². The number of nitrogens with zero attached hydrogens (tertiary/aromatic N) is 5. The summed E-state index contributed by atoms with van der Waals surface area (Å²) in [7, 11) is 1.82. The highest BCUT2D eigenvalue weighted by Crippen LogP contribution is 2.04. The molecule has 0 aliphatic heterocycles. The molecule has 0 aliphatic rings. The molecule has 2 rings (SSSR count). The standard InChI is InChI=1S/C20H35N7/c1-5-26(6-2)15-10-11-17(3)23-20(21-4)22-14-9-13-19-25-24-18-12-7-8-16-27(18)19/h7-8,12,16-17H,5-6,9-11,13-15H2,1-4H3,(H2,21,22,23). The zero-order chi connectivity index (χ0) is 19.5. The molecular weight excluding hydrogens is 338 g/mol. The Balaban J connectivity index is 1.66. The first-order valence-electron chi connectivity index (χ1n) is 10.2. The predicted octanol–water partition coefficient (Wildman–Crippen LogP) is 2.34. The molecule has 0 spiro atoms. The second-order valence-electron chi connectivity index (χ2n) is 6.86. The van der Waals surface area contributed by atoms with Gasteiger partial charge in [-0.15, -0.1) is 10.2 Å². The second-order valence-corrected chi connectivity index (χ2v) is 6.86. The van der Waals surface area contributed by atoms with Gasteiger partial charge >= 0.3 is 0 Å². The number of pyridine rings is 1. The highest BCUT2D eigenvalue weighted by atomic mass is 15.2. The number of guanidine groups is 1. The van der Waals surface area contributed by atoms with Crippen molar-refractivity contribution in [2.24, 2.45) is 4.99 Å². The van der Waals surface area contributed by atoms with Crippen LogP contribution in [0.15, 0.2) is 29.4 Å². The predicted molar refractivity (Wildman–Crippen MR) is 112 cm³/mol. The Labute approximate surface area is 163 Å². The van der Waals surface area contributed by atoms with E-state index in [1.165, 1.54) is 6.42 Å². The van der Waals surface area contributed by atoms with E-state index in [0.29, 0.717) is 6.04 Å². The van der Waals surface area contributed by atoms with Crippen LogP contribution in [0.5, 0.6) is 0 Å². The summed E-state index contributed by atoms with van der Waals surface area (Å²) in [5, 5.41) is 15.4. The van der Waals surface area contributed by atoms with E-state index >= 15 is 0 Å². The SMILES string of the molecule is CCN(CC)CCCC(C)NC(=NC)NCCCc1nnc2ccccn12. The molecule has 150 valence electrons. The Hall–Kier alpha value is -2.15. The minimum absolute atomic E-state index is 0.409. The van der Waals surface area contributed by atoms with Crippen LogP contribution in [0.25, 0.3) is 5.65 Å². The molecule has 2 heterocycles. The molecule has 0 aliphatic carbocycles. The van der Waals surface area contributed by atoms with Crippen LogP contribution in [0.2, 0.25) is 0 Å². The molecule has 0 radical (unpaired) electrons. The molecule has 0 bridgehead atoms. The Morgan fingerprint density at radius 1 is 1.22 bits per heavy atom. The molecule has 1 unspecified atom stereocenters. The van der Waals surface area contributed by atoms with E-state index in [2.05, 4.69) is 51.5 Å². The lowest BCUT2D eigenvalue weighted by atomic mass is 10.2. The van der Waals surface area contributed by atoms with Gasteiger partial charge in [0.2, 0.25) is 0 Å².